The standard InChI is InChI=1S/C103H84BN3/c1-102(2,3)80-54-74-37-33-70-50-78(51-71-34-38-75(55-80)97(74)95(70)71)68-41-43-89-91(58-68)106(100-85(64-21-11-7-12-22-64)29-19-30-86(100)65-23-13-8-14-24-65)93-60-84(105-82-46-62-45-63(48-82)49-83(105)47-62)61-94-99(93)104(89)90-44-42-69(79-52-72-35-39-76-56-81(103(4,5)6)57-77-40-36-73(53-79)96(72)98(76)77)59-92(90)107(94)101-87(66-25-15-9-16-26-66)31-20-32-88(101)67-27-17-10-18-28-67/h7-44,50-63,82-83,95,97H,45-49H2,1-6H3. The number of hydrogen-bond acceptors (Lipinski definition) is 3. The van der Waals surface area contributed by atoms with Crippen molar-refractivity contribution in [3.63, 3.8) is 0 Å². The van der Waals surface area contributed by atoms with Crippen molar-refractivity contribution in [2.24, 2.45) is 29.1 Å². The maximum Gasteiger partial charge on any atom is 0.252 e. The van der Waals surface area contributed by atoms with E-state index in [1.807, 2.05) is 0 Å². The molecule has 2 saturated heterocycles. The lowest BCUT2D eigenvalue weighted by atomic mass is 9.33. The Kier molecular flexibility index (Phi) is 13.8. The molecule has 4 fully saturated rings. The van der Waals surface area contributed by atoms with Gasteiger partial charge in [-0.15, -0.1) is 0 Å². The minimum absolute atomic E-state index is 0.0329. The zero-order valence-electron chi connectivity index (χ0n) is 61.8. The molecule has 0 amide bonds. The lowest BCUT2D eigenvalue weighted by molar-refractivity contribution is 0.0900. The smallest absolute Gasteiger partial charge is 0.252 e. The summed E-state index contributed by atoms with van der Waals surface area (Å²) in [5, 5.41) is 7.84. The van der Waals surface area contributed by atoms with Gasteiger partial charge in [-0.3, -0.25) is 0 Å². The molecular weight excluding hydrogens is 1290 g/mol. The average Bonchev–Trinajstić information content (AvgIpc) is 0.698. The van der Waals surface area contributed by atoms with E-state index in [0.717, 1.165) is 11.8 Å². The molecule has 0 N–H and O–H groups in total. The van der Waals surface area contributed by atoms with Crippen molar-refractivity contribution in [3.8, 4) is 55.6 Å². The van der Waals surface area contributed by atoms with Crippen LogP contribution in [0.25, 0.3) is 93.5 Å². The summed E-state index contributed by atoms with van der Waals surface area (Å²) in [5.74, 6) is 2.13. The number of hydrogen-bond donors (Lipinski definition) is 0. The van der Waals surface area contributed by atoms with Crippen molar-refractivity contribution in [2.75, 3.05) is 14.7 Å². The van der Waals surface area contributed by atoms with Crippen molar-refractivity contribution >= 4 is 101 Å². The zero-order chi connectivity index (χ0) is 71.3. The van der Waals surface area contributed by atoms with Gasteiger partial charge in [-0.25, -0.2) is 0 Å². The van der Waals surface area contributed by atoms with E-state index in [4.69, 9.17) is 0 Å². The summed E-state index contributed by atoms with van der Waals surface area (Å²) >= 11 is 0. The number of benzene rings is 13. The van der Waals surface area contributed by atoms with Gasteiger partial charge in [0.15, 0.2) is 0 Å². The first-order chi connectivity index (χ1) is 52.3. The molecular formula is C103H84BN3. The number of fused-ring (bicyclic) bond motifs is 4. The van der Waals surface area contributed by atoms with Crippen LogP contribution in [-0.4, -0.2) is 18.8 Å². The van der Waals surface area contributed by atoms with Crippen LogP contribution in [0.1, 0.15) is 84.8 Å². The summed E-state index contributed by atoms with van der Waals surface area (Å²) in [4.78, 5) is 8.55. The van der Waals surface area contributed by atoms with Gasteiger partial charge in [-0.1, -0.05) is 309 Å². The minimum atomic E-state index is -0.170. The lowest BCUT2D eigenvalue weighted by Crippen LogP contribution is -2.62. The molecule has 6 aliphatic carbocycles. The van der Waals surface area contributed by atoms with Crippen LogP contribution in [0.4, 0.5) is 39.8 Å². The van der Waals surface area contributed by atoms with E-state index in [9.17, 15) is 0 Å². The maximum absolute atomic E-state index is 2.97. The van der Waals surface area contributed by atoms with Crippen molar-refractivity contribution in [1.82, 2.24) is 0 Å². The van der Waals surface area contributed by atoms with Crippen LogP contribution in [0, 0.1) is 29.1 Å². The van der Waals surface area contributed by atoms with E-state index in [0.29, 0.717) is 18.0 Å². The van der Waals surface area contributed by atoms with E-state index in [1.165, 1.54) is 221 Å². The molecule has 2 atom stereocenters. The number of allylic oxidation sites excluding steroid dienone is 14. The number of nitrogens with zero attached hydrogens (tertiary/aromatic N) is 3. The molecule has 23 rings (SSSR count). The number of para-hydroxylation sites is 2. The molecule has 4 heterocycles. The van der Waals surface area contributed by atoms with Crippen molar-refractivity contribution < 1.29 is 0 Å². The molecule has 13 aromatic carbocycles. The Labute approximate surface area is 629 Å². The highest BCUT2D eigenvalue weighted by Gasteiger charge is 2.51. The molecule has 4 heteroatoms. The molecule has 0 aromatic heterocycles. The molecule has 2 saturated carbocycles. The van der Waals surface area contributed by atoms with Crippen molar-refractivity contribution in [3.05, 3.63) is 342 Å². The molecule has 2 unspecified atom stereocenters. The lowest BCUT2D eigenvalue weighted by Gasteiger charge is -2.58. The second kappa shape index (κ2) is 23.5. The molecule has 13 aromatic rings. The first kappa shape index (κ1) is 62.9. The third-order valence-electron chi connectivity index (χ3n) is 26.0. The second-order valence-corrected chi connectivity index (χ2v) is 34.4. The number of piperidine rings is 2. The Morgan fingerprint density at radius 3 is 1.22 bits per heavy atom. The highest BCUT2D eigenvalue weighted by molar-refractivity contribution is 7.00. The van der Waals surface area contributed by atoms with E-state index >= 15 is 0 Å². The largest absolute Gasteiger partial charge is 0.365 e. The van der Waals surface area contributed by atoms with Gasteiger partial charge in [0.2, 0.25) is 0 Å². The van der Waals surface area contributed by atoms with Crippen LogP contribution in [0.15, 0.2) is 331 Å². The van der Waals surface area contributed by atoms with Crippen LogP contribution < -0.4 is 31.1 Å². The van der Waals surface area contributed by atoms with Gasteiger partial charge >= 0.3 is 0 Å². The van der Waals surface area contributed by atoms with Gasteiger partial charge in [0.05, 0.1) is 11.4 Å². The Balaban J connectivity index is 0.845. The summed E-state index contributed by atoms with van der Waals surface area (Å²) in [6.07, 6.45) is 26.2. The highest BCUT2D eigenvalue weighted by atomic mass is 15.2. The fourth-order valence-corrected chi connectivity index (χ4v) is 21.2. The number of rotatable bonds is 9. The third-order valence-corrected chi connectivity index (χ3v) is 26.0. The normalized spacial score (nSPS) is 20.7. The monoisotopic (exact) mass is 1370 g/mol. The van der Waals surface area contributed by atoms with Gasteiger partial charge < -0.3 is 14.7 Å². The Bertz CT molecular complexity index is 5950. The van der Waals surface area contributed by atoms with Crippen LogP contribution in [0.5, 0.6) is 0 Å². The summed E-state index contributed by atoms with van der Waals surface area (Å²) in [5.41, 5.74) is 35.3. The molecule has 10 aliphatic rings. The van der Waals surface area contributed by atoms with E-state index in [-0.39, 0.29) is 23.5 Å². The fourth-order valence-electron chi connectivity index (χ4n) is 21.2. The topological polar surface area (TPSA) is 9.72 Å². The van der Waals surface area contributed by atoms with Crippen LogP contribution >= 0.6 is 0 Å². The molecule has 4 bridgehead atoms. The Hall–Kier alpha value is -11.5. The first-order valence-corrected chi connectivity index (χ1v) is 39.3. The van der Waals surface area contributed by atoms with Crippen molar-refractivity contribution in [2.45, 2.75) is 91.1 Å². The minimum Gasteiger partial charge on any atom is -0.365 e. The van der Waals surface area contributed by atoms with Gasteiger partial charge in [0, 0.05) is 74.6 Å². The van der Waals surface area contributed by atoms with E-state index in [2.05, 4.69) is 360 Å². The van der Waals surface area contributed by atoms with Gasteiger partial charge in [0.25, 0.3) is 6.71 Å². The Morgan fingerprint density at radius 1 is 0.336 bits per heavy atom. The summed E-state index contributed by atoms with van der Waals surface area (Å²) in [7, 11) is 0. The van der Waals surface area contributed by atoms with Crippen LogP contribution in [-0.2, 0) is 5.41 Å². The SMILES string of the molecule is CC(C)(C)C1=CC2=CC=C3C=C(c4ccc5c(c4)N(c4c(-c6ccccc6)cccc4-c4ccccc4)c4cc(N6C7CC8CC(C7)CC6C8)cc6c4B5c4ccc(-c5cc7ccc8cc(C(C)(C)C)cc9ccc(c5)c7c89)cc4N6c4c(-c5ccccc5)cccc4-c4ccccc4)C=C4C=CC(=C1)C2C34. The third kappa shape index (κ3) is 9.86. The highest BCUT2D eigenvalue weighted by Crippen LogP contribution is 2.59. The fraction of sp³-hybridized carbons (Fsp3) is 0.184. The molecule has 514 valence electrons. The molecule has 0 spiro atoms. The quantitative estimate of drug-likeness (QED) is 0.105. The first-order valence-electron chi connectivity index (χ1n) is 39.3. The summed E-state index contributed by atoms with van der Waals surface area (Å²) in [6.45, 7) is 13.8. The zero-order valence-corrected chi connectivity index (χ0v) is 61.8. The van der Waals surface area contributed by atoms with Gasteiger partial charge in [-0.05, 0) is 218 Å². The number of anilines is 7. The Morgan fingerprint density at radius 2 is 0.766 bits per heavy atom. The van der Waals surface area contributed by atoms with Crippen LogP contribution in [0.3, 0.4) is 0 Å². The van der Waals surface area contributed by atoms with E-state index < -0.39 is 0 Å². The molecule has 3 nitrogen and oxygen atoms in total. The predicted octanol–water partition coefficient (Wildman–Crippen LogP) is 25.0. The van der Waals surface area contributed by atoms with E-state index in [1.54, 1.807) is 0 Å². The summed E-state index contributed by atoms with van der Waals surface area (Å²) in [6, 6.07) is 100. The maximum atomic E-state index is 2.97. The van der Waals surface area contributed by atoms with Crippen LogP contribution in [0.2, 0.25) is 0 Å². The molecule has 4 aliphatic heterocycles. The average molecular weight is 1370 g/mol. The van der Waals surface area contributed by atoms with Gasteiger partial charge in [0.1, 0.15) is 0 Å². The van der Waals surface area contributed by atoms with Crippen molar-refractivity contribution in [1.29, 1.82) is 0 Å². The summed E-state index contributed by atoms with van der Waals surface area (Å²) < 4.78 is 0. The molecule has 0 radical (unpaired) electrons. The predicted molar refractivity (Wildman–Crippen MR) is 454 cm³/mol. The molecule has 107 heavy (non-hydrogen) atoms. The van der Waals surface area contributed by atoms with Gasteiger partial charge in [-0.2, -0.15) is 0 Å². The second-order valence-electron chi connectivity index (χ2n) is 34.4.